The molecule has 1 heterocycles. The number of rotatable bonds is 2. The standard InChI is InChI=1S/C15H7Cl3FN3OS/c16-9-5-11(18)12(6-10(9)17)22-13(20)14(24)21(15(22)23)8-3-1-7(19)2-4-8/h1-6,20H. The van der Waals surface area contributed by atoms with Gasteiger partial charge in [0.2, 0.25) is 0 Å². The fourth-order valence-corrected chi connectivity index (χ4v) is 3.11. The van der Waals surface area contributed by atoms with Crippen LogP contribution >= 0.6 is 47.0 Å². The SMILES string of the molecule is N=C1C(=S)N(c2ccc(F)cc2)C(=O)N1c1cc(Cl)c(Cl)cc1Cl. The lowest BCUT2D eigenvalue weighted by molar-refractivity contribution is 0.257. The number of hydrogen-bond acceptors (Lipinski definition) is 3. The summed E-state index contributed by atoms with van der Waals surface area (Å²) in [5.74, 6) is -0.685. The molecule has 0 saturated carbocycles. The highest BCUT2D eigenvalue weighted by Crippen LogP contribution is 2.37. The fraction of sp³-hybridized carbons (Fsp3) is 0. The predicted octanol–water partition coefficient (Wildman–Crippen LogP) is 5.54. The van der Waals surface area contributed by atoms with Crippen LogP contribution in [0.15, 0.2) is 36.4 Å². The Kier molecular flexibility index (Phi) is 4.48. The first-order valence-corrected chi connectivity index (χ1v) is 8.02. The monoisotopic (exact) mass is 401 g/mol. The van der Waals surface area contributed by atoms with Crippen LogP contribution in [0.4, 0.5) is 20.6 Å². The molecule has 2 aromatic rings. The zero-order chi connectivity index (χ0) is 17.6. The highest BCUT2D eigenvalue weighted by atomic mass is 35.5. The zero-order valence-corrected chi connectivity index (χ0v) is 14.8. The fourth-order valence-electron chi connectivity index (χ4n) is 2.21. The maximum absolute atomic E-state index is 13.1. The highest BCUT2D eigenvalue weighted by molar-refractivity contribution is 7.82. The van der Waals surface area contributed by atoms with E-state index >= 15 is 0 Å². The van der Waals surface area contributed by atoms with Gasteiger partial charge in [0.05, 0.1) is 26.4 Å². The number of carbonyl (C=O) groups is 1. The number of thiocarbonyl (C=S) groups is 1. The van der Waals surface area contributed by atoms with E-state index in [2.05, 4.69) is 0 Å². The van der Waals surface area contributed by atoms with Crippen LogP contribution in [0, 0.1) is 11.2 Å². The first-order valence-electron chi connectivity index (χ1n) is 6.48. The number of amides is 2. The molecule has 3 rings (SSSR count). The van der Waals surface area contributed by atoms with Crippen LogP contribution in [0.3, 0.4) is 0 Å². The second kappa shape index (κ2) is 6.29. The second-order valence-electron chi connectivity index (χ2n) is 4.80. The third-order valence-electron chi connectivity index (χ3n) is 3.33. The molecule has 9 heteroatoms. The summed E-state index contributed by atoms with van der Waals surface area (Å²) in [6, 6.07) is 7.34. The molecule has 2 amide bonds. The topological polar surface area (TPSA) is 47.4 Å². The average Bonchev–Trinajstić information content (AvgIpc) is 2.75. The third-order valence-corrected chi connectivity index (χ3v) is 4.73. The van der Waals surface area contributed by atoms with E-state index in [-0.39, 0.29) is 31.6 Å². The van der Waals surface area contributed by atoms with Crippen molar-refractivity contribution in [3.63, 3.8) is 0 Å². The van der Waals surface area contributed by atoms with E-state index < -0.39 is 11.8 Å². The molecule has 4 nitrogen and oxygen atoms in total. The van der Waals surface area contributed by atoms with E-state index in [0.717, 1.165) is 9.80 Å². The van der Waals surface area contributed by atoms with Crippen LogP contribution in [-0.2, 0) is 0 Å². The first-order chi connectivity index (χ1) is 11.3. The maximum atomic E-state index is 13.1. The smallest absolute Gasteiger partial charge is 0.281 e. The van der Waals surface area contributed by atoms with Crippen molar-refractivity contribution >= 4 is 75.3 Å². The molecule has 0 unspecified atom stereocenters. The van der Waals surface area contributed by atoms with Gasteiger partial charge < -0.3 is 0 Å². The molecule has 0 aromatic heterocycles. The van der Waals surface area contributed by atoms with Crippen LogP contribution < -0.4 is 9.80 Å². The van der Waals surface area contributed by atoms with Crippen LogP contribution in [0.5, 0.6) is 0 Å². The summed E-state index contributed by atoms with van der Waals surface area (Å²) >= 11 is 23.2. The molecule has 0 aliphatic carbocycles. The average molecular weight is 403 g/mol. The van der Waals surface area contributed by atoms with E-state index in [0.29, 0.717) is 5.69 Å². The molecule has 1 fully saturated rings. The molecule has 2 aromatic carbocycles. The van der Waals surface area contributed by atoms with E-state index in [4.69, 9.17) is 52.4 Å². The van der Waals surface area contributed by atoms with Crippen LogP contribution in [0.25, 0.3) is 0 Å². The van der Waals surface area contributed by atoms with Gasteiger partial charge in [-0.15, -0.1) is 0 Å². The number of halogens is 4. The summed E-state index contributed by atoms with van der Waals surface area (Å²) < 4.78 is 13.1. The molecule has 24 heavy (non-hydrogen) atoms. The number of nitrogens with zero attached hydrogens (tertiary/aromatic N) is 2. The molecule has 1 N–H and O–H groups in total. The number of carbonyl (C=O) groups excluding carboxylic acids is 1. The minimum absolute atomic E-state index is 0.0336. The van der Waals surface area contributed by atoms with E-state index in [1.165, 1.54) is 36.4 Å². The van der Waals surface area contributed by atoms with Gasteiger partial charge in [-0.3, -0.25) is 5.41 Å². The zero-order valence-electron chi connectivity index (χ0n) is 11.7. The largest absolute Gasteiger partial charge is 0.340 e. The number of hydrogen-bond donors (Lipinski definition) is 1. The molecule has 122 valence electrons. The van der Waals surface area contributed by atoms with E-state index in [9.17, 15) is 9.18 Å². The number of amidine groups is 1. The van der Waals surface area contributed by atoms with Crippen molar-refractivity contribution in [3.05, 3.63) is 57.3 Å². The normalized spacial score (nSPS) is 14.8. The Balaban J connectivity index is 2.07. The Hall–Kier alpha value is -1.73. The summed E-state index contributed by atoms with van der Waals surface area (Å²) in [5, 5.41) is 8.69. The minimum atomic E-state index is -0.614. The molecule has 0 atom stereocenters. The maximum Gasteiger partial charge on any atom is 0.340 e. The Morgan fingerprint density at radius 3 is 2.17 bits per heavy atom. The Bertz CT molecular complexity index is 888. The molecule has 0 bridgehead atoms. The van der Waals surface area contributed by atoms with Crippen LogP contribution in [0.2, 0.25) is 15.1 Å². The molecule has 1 saturated heterocycles. The van der Waals surface area contributed by atoms with Gasteiger partial charge in [0.1, 0.15) is 5.82 Å². The summed E-state index contributed by atoms with van der Waals surface area (Å²) in [5.41, 5.74) is 0.530. The number of urea groups is 1. The van der Waals surface area contributed by atoms with Crippen molar-refractivity contribution in [2.75, 3.05) is 9.80 Å². The Morgan fingerprint density at radius 1 is 0.958 bits per heavy atom. The van der Waals surface area contributed by atoms with Gasteiger partial charge in [-0.25, -0.2) is 19.0 Å². The van der Waals surface area contributed by atoms with Crippen molar-refractivity contribution in [2.45, 2.75) is 0 Å². The quantitative estimate of drug-likeness (QED) is 0.530. The van der Waals surface area contributed by atoms with Gasteiger partial charge >= 0.3 is 6.03 Å². The van der Waals surface area contributed by atoms with Gasteiger partial charge in [0.15, 0.2) is 10.8 Å². The lowest BCUT2D eigenvalue weighted by Gasteiger charge is -2.18. The summed E-state index contributed by atoms with van der Waals surface area (Å²) in [7, 11) is 0. The van der Waals surface area contributed by atoms with Gasteiger partial charge in [-0.1, -0.05) is 47.0 Å². The Morgan fingerprint density at radius 2 is 1.54 bits per heavy atom. The predicted molar refractivity (Wildman–Crippen MR) is 98.6 cm³/mol. The minimum Gasteiger partial charge on any atom is -0.281 e. The Labute approximate surface area is 156 Å². The van der Waals surface area contributed by atoms with Crippen molar-refractivity contribution in [2.24, 2.45) is 0 Å². The summed E-state index contributed by atoms with van der Waals surface area (Å²) in [6.45, 7) is 0. The molecule has 1 aliphatic heterocycles. The van der Waals surface area contributed by atoms with Crippen molar-refractivity contribution in [1.29, 1.82) is 5.41 Å². The first kappa shape index (κ1) is 17.1. The van der Waals surface area contributed by atoms with Gasteiger partial charge in [0.25, 0.3) is 0 Å². The van der Waals surface area contributed by atoms with Crippen molar-refractivity contribution < 1.29 is 9.18 Å². The van der Waals surface area contributed by atoms with E-state index in [1.54, 1.807) is 0 Å². The number of nitrogens with one attached hydrogen (secondary N) is 1. The summed E-state index contributed by atoms with van der Waals surface area (Å²) in [6.07, 6.45) is 0. The van der Waals surface area contributed by atoms with Gasteiger partial charge in [-0.05, 0) is 36.4 Å². The third kappa shape index (κ3) is 2.75. The lowest BCUT2D eigenvalue weighted by atomic mass is 10.3. The molecule has 1 aliphatic rings. The molecular weight excluding hydrogens is 396 g/mol. The molecule has 0 radical (unpaired) electrons. The van der Waals surface area contributed by atoms with Crippen LogP contribution in [-0.4, -0.2) is 16.9 Å². The summed E-state index contributed by atoms with van der Waals surface area (Å²) in [4.78, 5) is 14.9. The van der Waals surface area contributed by atoms with Crippen molar-refractivity contribution in [1.82, 2.24) is 0 Å². The molecule has 0 spiro atoms. The van der Waals surface area contributed by atoms with E-state index in [1.807, 2.05) is 0 Å². The molecular formula is C15H7Cl3FN3OS. The lowest BCUT2D eigenvalue weighted by Crippen LogP contribution is -2.33. The number of benzene rings is 2. The highest BCUT2D eigenvalue weighted by Gasteiger charge is 2.41. The van der Waals surface area contributed by atoms with Gasteiger partial charge in [0, 0.05) is 0 Å². The second-order valence-corrected chi connectivity index (χ2v) is 6.41. The van der Waals surface area contributed by atoms with Crippen LogP contribution in [0.1, 0.15) is 0 Å². The van der Waals surface area contributed by atoms with Crippen molar-refractivity contribution in [3.8, 4) is 0 Å². The number of anilines is 2. The van der Waals surface area contributed by atoms with Gasteiger partial charge in [-0.2, -0.15) is 0 Å².